The van der Waals surface area contributed by atoms with Crippen LogP contribution in [0.5, 0.6) is 11.5 Å². The zero-order chi connectivity index (χ0) is 20.8. The summed E-state index contributed by atoms with van der Waals surface area (Å²) in [6.07, 6.45) is 3.41. The zero-order valence-corrected chi connectivity index (χ0v) is 18.4. The lowest BCUT2D eigenvalue weighted by Gasteiger charge is -2.22. The van der Waals surface area contributed by atoms with Gasteiger partial charge in [-0.05, 0) is 66.3 Å². The molecule has 0 saturated heterocycles. The Hall–Kier alpha value is -2.15. The molecule has 1 aliphatic carbocycles. The summed E-state index contributed by atoms with van der Waals surface area (Å²) >= 11 is 0. The first-order valence-electron chi connectivity index (χ1n) is 10.9. The molecule has 7 heteroatoms. The van der Waals surface area contributed by atoms with Gasteiger partial charge in [0.25, 0.3) is 0 Å². The molecule has 1 N–H and O–H groups in total. The van der Waals surface area contributed by atoms with E-state index in [1.807, 2.05) is 17.7 Å². The fourth-order valence-electron chi connectivity index (χ4n) is 3.14. The molecule has 1 aromatic heterocycles. The van der Waals surface area contributed by atoms with Crippen molar-refractivity contribution < 1.29 is 9.47 Å². The number of aromatic nitrogens is 4. The summed E-state index contributed by atoms with van der Waals surface area (Å²) in [4.78, 5) is 0. The molecular weight excluding hydrogens is 366 g/mol. The lowest BCUT2D eigenvalue weighted by molar-refractivity contribution is 0.248. The van der Waals surface area contributed by atoms with Gasteiger partial charge in [0.15, 0.2) is 17.3 Å². The second-order valence-electron chi connectivity index (χ2n) is 8.41. The molecule has 0 aliphatic heterocycles. The molecule has 7 nitrogen and oxygen atoms in total. The van der Waals surface area contributed by atoms with Gasteiger partial charge in [-0.25, -0.2) is 4.68 Å². The standard InChI is InChI=1S/C22H35N5O2/c1-6-16(5)13-23-21(22-24-25-26-27(22)18-9-10-18)17-8-11-19(29-14-15(3)4)20(12-17)28-7-2/h8,11-12,15-16,18,21,23H,6-7,9-10,13-14H2,1-5H3/t16-,21?/m1/s1. The summed E-state index contributed by atoms with van der Waals surface area (Å²) in [6.45, 7) is 12.9. The van der Waals surface area contributed by atoms with Crippen LogP contribution in [0.4, 0.5) is 0 Å². The molecule has 1 aliphatic rings. The van der Waals surface area contributed by atoms with Gasteiger partial charge >= 0.3 is 0 Å². The monoisotopic (exact) mass is 401 g/mol. The maximum Gasteiger partial charge on any atom is 0.173 e. The molecule has 29 heavy (non-hydrogen) atoms. The van der Waals surface area contributed by atoms with Crippen LogP contribution in [-0.4, -0.2) is 40.0 Å². The molecule has 0 spiro atoms. The minimum absolute atomic E-state index is 0.0852. The number of tetrazole rings is 1. The van der Waals surface area contributed by atoms with Crippen LogP contribution in [-0.2, 0) is 0 Å². The van der Waals surface area contributed by atoms with Crippen molar-refractivity contribution in [3.8, 4) is 11.5 Å². The van der Waals surface area contributed by atoms with Gasteiger partial charge in [-0.2, -0.15) is 0 Å². The van der Waals surface area contributed by atoms with Crippen LogP contribution in [0.3, 0.4) is 0 Å². The number of ether oxygens (including phenoxy) is 2. The maximum atomic E-state index is 5.97. The summed E-state index contributed by atoms with van der Waals surface area (Å²) in [5, 5.41) is 16.3. The third-order valence-corrected chi connectivity index (χ3v) is 5.21. The van der Waals surface area contributed by atoms with E-state index in [2.05, 4.69) is 60.7 Å². The van der Waals surface area contributed by atoms with Crippen LogP contribution in [0.2, 0.25) is 0 Å². The van der Waals surface area contributed by atoms with E-state index in [0.29, 0.717) is 31.1 Å². The van der Waals surface area contributed by atoms with Crippen molar-refractivity contribution in [3.63, 3.8) is 0 Å². The van der Waals surface area contributed by atoms with Crippen molar-refractivity contribution in [2.45, 2.75) is 66.0 Å². The first-order valence-corrected chi connectivity index (χ1v) is 10.9. The molecule has 0 bridgehead atoms. The Bertz CT molecular complexity index is 772. The highest BCUT2D eigenvalue weighted by Gasteiger charge is 2.31. The van der Waals surface area contributed by atoms with Gasteiger partial charge in [-0.15, -0.1) is 5.10 Å². The first kappa shape index (κ1) is 21.6. The second-order valence-corrected chi connectivity index (χ2v) is 8.41. The molecule has 1 unspecified atom stereocenters. The van der Waals surface area contributed by atoms with Crippen LogP contribution < -0.4 is 14.8 Å². The minimum atomic E-state index is -0.0852. The summed E-state index contributed by atoms with van der Waals surface area (Å²) in [5.41, 5.74) is 1.09. The number of rotatable bonds is 12. The molecule has 1 saturated carbocycles. The van der Waals surface area contributed by atoms with E-state index in [-0.39, 0.29) is 6.04 Å². The lowest BCUT2D eigenvalue weighted by atomic mass is 10.0. The number of hydrogen-bond acceptors (Lipinski definition) is 6. The predicted molar refractivity (Wildman–Crippen MR) is 113 cm³/mol. The number of nitrogens with zero attached hydrogens (tertiary/aromatic N) is 4. The highest BCUT2D eigenvalue weighted by atomic mass is 16.5. The lowest BCUT2D eigenvalue weighted by Crippen LogP contribution is -2.29. The van der Waals surface area contributed by atoms with Gasteiger partial charge < -0.3 is 14.8 Å². The van der Waals surface area contributed by atoms with Crippen LogP contribution in [0, 0.1) is 11.8 Å². The average molecular weight is 402 g/mol. The quantitative estimate of drug-likeness (QED) is 0.575. The van der Waals surface area contributed by atoms with Gasteiger partial charge in [0.05, 0.1) is 25.3 Å². The SMILES string of the molecule is CCOc1cc(C(NC[C@H](C)CC)c2nnnn2C2CC2)ccc1OCC(C)C. The second kappa shape index (κ2) is 10.1. The van der Waals surface area contributed by atoms with Crippen LogP contribution in [0.15, 0.2) is 18.2 Å². The maximum absolute atomic E-state index is 5.97. The van der Waals surface area contributed by atoms with Crippen LogP contribution >= 0.6 is 0 Å². The van der Waals surface area contributed by atoms with E-state index in [1.165, 1.54) is 0 Å². The van der Waals surface area contributed by atoms with E-state index in [1.54, 1.807) is 0 Å². The fraction of sp³-hybridized carbons (Fsp3) is 0.682. The summed E-state index contributed by atoms with van der Waals surface area (Å²) in [7, 11) is 0. The molecule has 1 heterocycles. The Balaban J connectivity index is 1.91. The van der Waals surface area contributed by atoms with E-state index in [4.69, 9.17) is 9.47 Å². The molecular formula is C22H35N5O2. The Morgan fingerprint density at radius 2 is 1.93 bits per heavy atom. The molecule has 1 aromatic carbocycles. The third-order valence-electron chi connectivity index (χ3n) is 5.21. The molecule has 2 atom stereocenters. The van der Waals surface area contributed by atoms with E-state index >= 15 is 0 Å². The largest absolute Gasteiger partial charge is 0.490 e. The normalized spacial score (nSPS) is 16.1. The van der Waals surface area contributed by atoms with E-state index in [0.717, 1.165) is 48.7 Å². The highest BCUT2D eigenvalue weighted by Crippen LogP contribution is 2.38. The van der Waals surface area contributed by atoms with Crippen LogP contribution in [0.25, 0.3) is 0 Å². The molecule has 3 rings (SSSR count). The highest BCUT2D eigenvalue weighted by molar-refractivity contribution is 5.45. The van der Waals surface area contributed by atoms with Crippen molar-refractivity contribution in [1.29, 1.82) is 0 Å². The van der Waals surface area contributed by atoms with E-state index < -0.39 is 0 Å². The summed E-state index contributed by atoms with van der Waals surface area (Å²) in [5.74, 6) is 3.45. The minimum Gasteiger partial charge on any atom is -0.490 e. The van der Waals surface area contributed by atoms with Gasteiger partial charge in [0, 0.05) is 0 Å². The smallest absolute Gasteiger partial charge is 0.173 e. The molecule has 0 amide bonds. The average Bonchev–Trinajstić information content (AvgIpc) is 3.45. The van der Waals surface area contributed by atoms with Gasteiger partial charge in [0.1, 0.15) is 0 Å². The topological polar surface area (TPSA) is 74.1 Å². The molecule has 1 fully saturated rings. The van der Waals surface area contributed by atoms with E-state index in [9.17, 15) is 0 Å². The third kappa shape index (κ3) is 5.69. The van der Waals surface area contributed by atoms with Crippen molar-refractivity contribution >= 4 is 0 Å². The van der Waals surface area contributed by atoms with Gasteiger partial charge in [-0.1, -0.05) is 40.2 Å². The first-order chi connectivity index (χ1) is 14.0. The molecule has 0 radical (unpaired) electrons. The van der Waals surface area contributed by atoms with Crippen molar-refractivity contribution in [3.05, 3.63) is 29.6 Å². The van der Waals surface area contributed by atoms with Gasteiger partial charge in [0.2, 0.25) is 0 Å². The summed E-state index contributed by atoms with van der Waals surface area (Å²) in [6, 6.07) is 6.51. The number of hydrogen-bond donors (Lipinski definition) is 1. The zero-order valence-electron chi connectivity index (χ0n) is 18.4. The fourth-order valence-corrected chi connectivity index (χ4v) is 3.14. The van der Waals surface area contributed by atoms with Crippen molar-refractivity contribution in [1.82, 2.24) is 25.5 Å². The van der Waals surface area contributed by atoms with Crippen molar-refractivity contribution in [2.75, 3.05) is 19.8 Å². The predicted octanol–water partition coefficient (Wildman–Crippen LogP) is 4.17. The van der Waals surface area contributed by atoms with Gasteiger partial charge in [-0.3, -0.25) is 0 Å². The number of nitrogens with one attached hydrogen (secondary N) is 1. The Morgan fingerprint density at radius 1 is 1.14 bits per heavy atom. The Morgan fingerprint density at radius 3 is 2.59 bits per heavy atom. The van der Waals surface area contributed by atoms with Crippen molar-refractivity contribution in [2.24, 2.45) is 11.8 Å². The molecule has 2 aromatic rings. The summed E-state index contributed by atoms with van der Waals surface area (Å²) < 4.78 is 13.9. The number of benzene rings is 1. The Labute approximate surface area is 174 Å². The Kier molecular flexibility index (Phi) is 7.47. The molecule has 160 valence electrons. The van der Waals surface area contributed by atoms with Crippen LogP contribution in [0.1, 0.15) is 77.4 Å².